The van der Waals surface area contributed by atoms with Gasteiger partial charge < -0.3 is 25.4 Å². The zero-order chi connectivity index (χ0) is 31.8. The van der Waals surface area contributed by atoms with E-state index in [1.165, 1.54) is 0 Å². The first-order valence-corrected chi connectivity index (χ1v) is 15.0. The van der Waals surface area contributed by atoms with E-state index in [1.54, 1.807) is 49.9 Å². The molecule has 42 heavy (non-hydrogen) atoms. The van der Waals surface area contributed by atoms with Crippen molar-refractivity contribution in [2.75, 3.05) is 0 Å². The molecule has 0 bridgehead atoms. The molecule has 0 aliphatic rings. The van der Waals surface area contributed by atoms with Gasteiger partial charge in [-0.3, -0.25) is 9.59 Å². The molecular formula is C34H51N3O5. The molecule has 3 amide bonds. The van der Waals surface area contributed by atoms with Crippen LogP contribution in [0, 0.1) is 19.8 Å². The Morgan fingerprint density at radius 3 is 2.02 bits per heavy atom. The van der Waals surface area contributed by atoms with Crippen molar-refractivity contribution in [1.82, 2.24) is 15.5 Å². The van der Waals surface area contributed by atoms with Crippen LogP contribution in [-0.4, -0.2) is 51.6 Å². The summed E-state index contributed by atoms with van der Waals surface area (Å²) in [4.78, 5) is 43.3. The number of nitrogens with one attached hydrogen (secondary N) is 2. The van der Waals surface area contributed by atoms with E-state index in [9.17, 15) is 19.5 Å². The molecule has 0 heterocycles. The van der Waals surface area contributed by atoms with Crippen molar-refractivity contribution in [2.24, 2.45) is 5.92 Å². The van der Waals surface area contributed by atoms with Gasteiger partial charge in [-0.25, -0.2) is 4.79 Å². The Kier molecular flexibility index (Phi) is 12.4. The van der Waals surface area contributed by atoms with Gasteiger partial charge >= 0.3 is 6.09 Å². The van der Waals surface area contributed by atoms with Gasteiger partial charge in [-0.15, -0.1) is 0 Å². The first kappa shape index (κ1) is 34.7. The summed E-state index contributed by atoms with van der Waals surface area (Å²) in [6, 6.07) is 9.96. The molecule has 8 nitrogen and oxygen atoms in total. The molecule has 0 radical (unpaired) electrons. The normalized spacial score (nSPS) is 13.8. The number of phenols is 1. The van der Waals surface area contributed by atoms with Crippen molar-refractivity contribution < 1.29 is 24.2 Å². The number of carbonyl (C=O) groups excluding carboxylic acids is 3. The minimum absolute atomic E-state index is 0.103. The Hall–Kier alpha value is -3.55. The fraction of sp³-hybridized carbons (Fsp3) is 0.559. The third-order valence-corrected chi connectivity index (χ3v) is 7.06. The van der Waals surface area contributed by atoms with Gasteiger partial charge in [-0.05, 0) is 109 Å². The number of ether oxygens (including phenoxy) is 1. The number of rotatable bonds is 12. The van der Waals surface area contributed by atoms with E-state index in [0.717, 1.165) is 23.1 Å². The highest BCUT2D eigenvalue weighted by Gasteiger charge is 2.39. The van der Waals surface area contributed by atoms with Crippen LogP contribution in [0.1, 0.15) is 96.5 Å². The Balaban J connectivity index is 2.68. The molecule has 0 aromatic heterocycles. The topological polar surface area (TPSA) is 108 Å². The largest absolute Gasteiger partial charge is 0.508 e. The molecule has 0 saturated heterocycles. The van der Waals surface area contributed by atoms with Gasteiger partial charge in [0.25, 0.3) is 0 Å². The third kappa shape index (κ3) is 10.7. The van der Waals surface area contributed by atoms with Crippen LogP contribution in [-0.2, 0) is 20.7 Å². The molecule has 3 N–H and O–H groups in total. The van der Waals surface area contributed by atoms with Crippen molar-refractivity contribution in [1.29, 1.82) is 0 Å². The van der Waals surface area contributed by atoms with Gasteiger partial charge in [0.1, 0.15) is 23.4 Å². The average Bonchev–Trinajstić information content (AvgIpc) is 2.86. The summed E-state index contributed by atoms with van der Waals surface area (Å²) >= 11 is 0. The van der Waals surface area contributed by atoms with Gasteiger partial charge in [-0.2, -0.15) is 0 Å². The summed E-state index contributed by atoms with van der Waals surface area (Å²) in [6.45, 7) is 19.3. The predicted molar refractivity (Wildman–Crippen MR) is 167 cm³/mol. The van der Waals surface area contributed by atoms with E-state index in [2.05, 4.69) is 24.5 Å². The minimum atomic E-state index is -1.02. The number of hydrogen-bond donors (Lipinski definition) is 3. The maximum atomic E-state index is 14.7. The maximum Gasteiger partial charge on any atom is 0.408 e. The summed E-state index contributed by atoms with van der Waals surface area (Å²) in [5.74, 6) is -0.154. The van der Waals surface area contributed by atoms with E-state index in [0.29, 0.717) is 17.9 Å². The highest BCUT2D eigenvalue weighted by molar-refractivity contribution is 5.92. The molecule has 0 aliphatic carbocycles. The second kappa shape index (κ2) is 15.1. The van der Waals surface area contributed by atoms with Gasteiger partial charge in [0.15, 0.2) is 0 Å². The molecule has 0 fully saturated rings. The number of benzene rings is 2. The minimum Gasteiger partial charge on any atom is -0.508 e. The monoisotopic (exact) mass is 581 g/mol. The number of nitrogens with zero attached hydrogens (tertiary/aromatic N) is 1. The van der Waals surface area contributed by atoms with Crippen LogP contribution in [0.4, 0.5) is 4.79 Å². The van der Waals surface area contributed by atoms with Crippen LogP contribution in [0.5, 0.6) is 5.75 Å². The summed E-state index contributed by atoms with van der Waals surface area (Å²) in [6.07, 6.45) is 0.970. The van der Waals surface area contributed by atoms with Crippen LogP contribution in [0.15, 0.2) is 42.5 Å². The van der Waals surface area contributed by atoms with E-state index in [4.69, 9.17) is 4.74 Å². The van der Waals surface area contributed by atoms with Crippen LogP contribution in [0.3, 0.4) is 0 Å². The van der Waals surface area contributed by atoms with E-state index in [-0.39, 0.29) is 36.1 Å². The lowest BCUT2D eigenvalue weighted by Gasteiger charge is -2.39. The van der Waals surface area contributed by atoms with Crippen LogP contribution < -0.4 is 10.6 Å². The van der Waals surface area contributed by atoms with Gasteiger partial charge in [0.2, 0.25) is 11.8 Å². The molecule has 0 saturated carbocycles. The zero-order valence-corrected chi connectivity index (χ0v) is 27.1. The number of hydrogen-bond acceptors (Lipinski definition) is 5. The fourth-order valence-corrected chi connectivity index (χ4v) is 4.75. The quantitative estimate of drug-likeness (QED) is 0.270. The lowest BCUT2D eigenvalue weighted by Crippen LogP contribution is -2.56. The Labute approximate surface area is 252 Å². The van der Waals surface area contributed by atoms with Gasteiger partial charge in [0.05, 0.1) is 0 Å². The number of amides is 3. The third-order valence-electron chi connectivity index (χ3n) is 7.06. The van der Waals surface area contributed by atoms with Crippen molar-refractivity contribution in [3.63, 3.8) is 0 Å². The van der Waals surface area contributed by atoms with Crippen molar-refractivity contribution in [3.8, 4) is 5.75 Å². The lowest BCUT2D eigenvalue weighted by molar-refractivity contribution is -0.145. The molecule has 2 aromatic rings. The first-order valence-electron chi connectivity index (χ1n) is 15.0. The molecule has 3 atom stereocenters. The van der Waals surface area contributed by atoms with E-state index >= 15 is 0 Å². The summed E-state index contributed by atoms with van der Waals surface area (Å²) < 4.78 is 5.53. The second-order valence-electron chi connectivity index (χ2n) is 13.0. The second-order valence-corrected chi connectivity index (χ2v) is 13.0. The van der Waals surface area contributed by atoms with Crippen LogP contribution in [0.2, 0.25) is 0 Å². The molecule has 0 spiro atoms. The molecular weight excluding hydrogens is 530 g/mol. The highest BCUT2D eigenvalue weighted by atomic mass is 16.6. The van der Waals surface area contributed by atoms with E-state index < -0.39 is 23.8 Å². The molecule has 2 rings (SSSR count). The molecule has 2 aromatic carbocycles. The van der Waals surface area contributed by atoms with Crippen LogP contribution >= 0.6 is 0 Å². The number of carbonyl (C=O) groups is 3. The van der Waals surface area contributed by atoms with Gasteiger partial charge in [0, 0.05) is 18.5 Å². The maximum absolute atomic E-state index is 14.7. The van der Waals surface area contributed by atoms with Gasteiger partial charge in [-0.1, -0.05) is 44.2 Å². The summed E-state index contributed by atoms with van der Waals surface area (Å²) in [5, 5.41) is 15.6. The molecule has 3 unspecified atom stereocenters. The first-order chi connectivity index (χ1) is 19.5. The predicted octanol–water partition coefficient (Wildman–Crippen LogP) is 6.36. The smallest absolute Gasteiger partial charge is 0.408 e. The van der Waals surface area contributed by atoms with Crippen LogP contribution in [0.25, 0.3) is 0 Å². The molecule has 232 valence electrons. The number of aromatic hydroxyl groups is 1. The average molecular weight is 582 g/mol. The molecule has 8 heteroatoms. The highest BCUT2D eigenvalue weighted by Crippen LogP contribution is 2.29. The van der Waals surface area contributed by atoms with Crippen molar-refractivity contribution >= 4 is 17.9 Å². The Bertz CT molecular complexity index is 1200. The van der Waals surface area contributed by atoms with Crippen molar-refractivity contribution in [3.05, 3.63) is 64.7 Å². The lowest BCUT2D eigenvalue weighted by atomic mass is 9.94. The summed E-state index contributed by atoms with van der Waals surface area (Å²) in [5.41, 5.74) is 2.79. The number of phenolic OH excluding ortho intramolecular Hbond substituents is 1. The molecule has 0 aliphatic heterocycles. The Morgan fingerprint density at radius 2 is 1.50 bits per heavy atom. The Morgan fingerprint density at radius 1 is 0.881 bits per heavy atom. The van der Waals surface area contributed by atoms with Crippen molar-refractivity contribution in [2.45, 2.75) is 118 Å². The fourth-order valence-electron chi connectivity index (χ4n) is 4.75. The van der Waals surface area contributed by atoms with E-state index in [1.807, 2.05) is 52.8 Å². The number of alkyl carbamates (subject to hydrolysis) is 1. The zero-order valence-electron chi connectivity index (χ0n) is 27.1. The summed E-state index contributed by atoms with van der Waals surface area (Å²) in [7, 11) is 0. The standard InChI is InChI=1S/C34H51N3O5/c1-21(2)11-13-25(7)37(30(31(39)35-22(3)4)27-16-12-23(5)24(6)19-27)32(40)29(36-33(41)42-34(8,9)10)20-26-14-17-28(38)18-15-26/h12,14-19,21-22,25,29-30,38H,11,13,20H2,1-10H3,(H,35,39)(H,36,41). The SMILES string of the molecule is Cc1ccc(C(C(=O)NC(C)C)N(C(=O)C(Cc2ccc(O)cc2)NC(=O)OC(C)(C)C)C(C)CCC(C)C)cc1C. The number of aryl methyl sites for hydroxylation is 2.